The van der Waals surface area contributed by atoms with Gasteiger partial charge in [0.15, 0.2) is 0 Å². The van der Waals surface area contributed by atoms with E-state index in [1.165, 1.54) is 6.33 Å². The van der Waals surface area contributed by atoms with Gasteiger partial charge in [0.25, 0.3) is 0 Å². The van der Waals surface area contributed by atoms with Crippen molar-refractivity contribution in [1.29, 1.82) is 0 Å². The molecule has 7 heteroatoms. The van der Waals surface area contributed by atoms with Gasteiger partial charge in [0, 0.05) is 32.2 Å². The zero-order valence-corrected chi connectivity index (χ0v) is 12.7. The van der Waals surface area contributed by atoms with E-state index in [0.717, 1.165) is 26.3 Å². The van der Waals surface area contributed by atoms with Crippen LogP contribution in [0.25, 0.3) is 0 Å². The van der Waals surface area contributed by atoms with Gasteiger partial charge in [-0.15, -0.1) is 0 Å². The Hall–Kier alpha value is -1.44. The average molecular weight is 296 g/mol. The maximum atomic E-state index is 10.5. The molecule has 1 aliphatic heterocycles. The van der Waals surface area contributed by atoms with E-state index < -0.39 is 5.60 Å². The van der Waals surface area contributed by atoms with Crippen LogP contribution in [0.2, 0.25) is 0 Å². The van der Waals surface area contributed by atoms with Gasteiger partial charge in [-0.3, -0.25) is 4.90 Å². The number of ether oxygens (including phenoxy) is 2. The first kappa shape index (κ1) is 15.9. The van der Waals surface area contributed by atoms with Gasteiger partial charge >= 0.3 is 0 Å². The second kappa shape index (κ2) is 7.53. The smallest absolute Gasteiger partial charge is 0.218 e. The third kappa shape index (κ3) is 5.45. The molecule has 0 spiro atoms. The van der Waals surface area contributed by atoms with Crippen LogP contribution >= 0.6 is 0 Å². The van der Waals surface area contributed by atoms with Crippen molar-refractivity contribution in [3.05, 3.63) is 12.4 Å². The number of morpholine rings is 1. The molecule has 1 fully saturated rings. The van der Waals surface area contributed by atoms with E-state index in [4.69, 9.17) is 9.47 Å². The Morgan fingerprint density at radius 1 is 1.43 bits per heavy atom. The molecule has 0 amide bonds. The zero-order valence-electron chi connectivity index (χ0n) is 12.7. The second-order valence-corrected chi connectivity index (χ2v) is 5.41. The Morgan fingerprint density at radius 3 is 2.90 bits per heavy atom. The van der Waals surface area contributed by atoms with E-state index >= 15 is 0 Å². The summed E-state index contributed by atoms with van der Waals surface area (Å²) >= 11 is 0. The van der Waals surface area contributed by atoms with Gasteiger partial charge < -0.3 is 19.9 Å². The number of β-amino-alcohol motifs (C(OH)–C–C–N with tert-alkyl or cyclic N) is 1. The van der Waals surface area contributed by atoms with E-state index in [9.17, 15) is 5.11 Å². The minimum atomic E-state index is -0.839. The standard InChI is InChI=1S/C14H24N4O3/c1-3-21-13-8-12(16-11-17-13)15-9-14(2,19)10-18-4-6-20-7-5-18/h8,11,19H,3-7,9-10H2,1-2H3,(H,15,16,17). The van der Waals surface area contributed by atoms with Gasteiger partial charge in [-0.1, -0.05) is 0 Å². The molecule has 118 valence electrons. The van der Waals surface area contributed by atoms with Crippen LogP contribution in [0.15, 0.2) is 12.4 Å². The molecule has 0 saturated carbocycles. The molecule has 0 radical (unpaired) electrons. The molecule has 7 nitrogen and oxygen atoms in total. The van der Waals surface area contributed by atoms with Gasteiger partial charge in [-0.05, 0) is 13.8 Å². The monoisotopic (exact) mass is 296 g/mol. The predicted octanol–water partition coefficient (Wildman–Crippen LogP) is 0.370. The summed E-state index contributed by atoms with van der Waals surface area (Å²) in [4.78, 5) is 10.3. The Bertz CT molecular complexity index is 436. The molecule has 1 atom stereocenters. The molecule has 2 N–H and O–H groups in total. The SMILES string of the molecule is CCOc1cc(NCC(C)(O)CN2CCOCC2)ncn1. The molecule has 0 bridgehead atoms. The van der Waals surface area contributed by atoms with E-state index in [-0.39, 0.29) is 0 Å². The van der Waals surface area contributed by atoms with E-state index in [2.05, 4.69) is 20.2 Å². The normalized spacial score (nSPS) is 19.0. The average Bonchev–Trinajstić information content (AvgIpc) is 2.47. The van der Waals surface area contributed by atoms with Crippen molar-refractivity contribution in [2.75, 3.05) is 51.3 Å². The lowest BCUT2D eigenvalue weighted by Crippen LogP contribution is -2.49. The van der Waals surface area contributed by atoms with Crippen LogP contribution in [-0.4, -0.2) is 71.6 Å². The lowest BCUT2D eigenvalue weighted by molar-refractivity contribution is -0.0164. The maximum Gasteiger partial charge on any atom is 0.218 e. The summed E-state index contributed by atoms with van der Waals surface area (Å²) in [6.45, 7) is 8.48. The van der Waals surface area contributed by atoms with Crippen LogP contribution in [0, 0.1) is 0 Å². The van der Waals surface area contributed by atoms with Crippen LogP contribution in [0.5, 0.6) is 5.88 Å². The fourth-order valence-corrected chi connectivity index (χ4v) is 2.24. The highest BCUT2D eigenvalue weighted by atomic mass is 16.5. The van der Waals surface area contributed by atoms with Crippen molar-refractivity contribution >= 4 is 5.82 Å². The summed E-state index contributed by atoms with van der Waals surface area (Å²) in [7, 11) is 0. The van der Waals surface area contributed by atoms with Crippen molar-refractivity contribution in [2.24, 2.45) is 0 Å². The molecule has 0 aliphatic carbocycles. The minimum absolute atomic E-state index is 0.410. The van der Waals surface area contributed by atoms with Gasteiger partial charge in [0.05, 0.1) is 25.4 Å². The summed E-state index contributed by atoms with van der Waals surface area (Å²) < 4.78 is 10.6. The van der Waals surface area contributed by atoms with Crippen molar-refractivity contribution < 1.29 is 14.6 Å². The maximum absolute atomic E-state index is 10.5. The number of nitrogens with one attached hydrogen (secondary N) is 1. The summed E-state index contributed by atoms with van der Waals surface area (Å²) in [6, 6.07) is 1.73. The van der Waals surface area contributed by atoms with Crippen molar-refractivity contribution in [1.82, 2.24) is 14.9 Å². The molecule has 21 heavy (non-hydrogen) atoms. The van der Waals surface area contributed by atoms with E-state index in [1.54, 1.807) is 6.07 Å². The van der Waals surface area contributed by atoms with Crippen LogP contribution in [0.3, 0.4) is 0 Å². The van der Waals surface area contributed by atoms with E-state index in [0.29, 0.717) is 31.4 Å². The third-order valence-electron chi connectivity index (χ3n) is 3.25. The molecule has 1 aromatic rings. The zero-order chi connectivity index (χ0) is 15.1. The first-order valence-corrected chi connectivity index (χ1v) is 7.30. The van der Waals surface area contributed by atoms with Crippen LogP contribution in [0.4, 0.5) is 5.82 Å². The predicted molar refractivity (Wildman–Crippen MR) is 79.6 cm³/mol. The topological polar surface area (TPSA) is 79.7 Å². The lowest BCUT2D eigenvalue weighted by Gasteiger charge is -2.34. The Labute approximate surface area is 125 Å². The molecule has 1 aromatic heterocycles. The number of aliphatic hydroxyl groups is 1. The van der Waals surface area contributed by atoms with E-state index in [1.807, 2.05) is 13.8 Å². The molecular formula is C14H24N4O3. The Kier molecular flexibility index (Phi) is 5.72. The minimum Gasteiger partial charge on any atom is -0.478 e. The van der Waals surface area contributed by atoms with Crippen molar-refractivity contribution in [3.63, 3.8) is 0 Å². The highest BCUT2D eigenvalue weighted by molar-refractivity contribution is 5.37. The van der Waals surface area contributed by atoms with Gasteiger partial charge in [-0.2, -0.15) is 0 Å². The molecule has 0 aromatic carbocycles. The molecule has 1 aliphatic rings. The Balaban J connectivity index is 1.83. The lowest BCUT2D eigenvalue weighted by atomic mass is 10.1. The quantitative estimate of drug-likeness (QED) is 0.752. The number of hydrogen-bond acceptors (Lipinski definition) is 7. The summed E-state index contributed by atoms with van der Waals surface area (Å²) in [6.07, 6.45) is 1.45. The first-order valence-electron chi connectivity index (χ1n) is 7.30. The molecule has 1 unspecified atom stereocenters. The highest BCUT2D eigenvalue weighted by Gasteiger charge is 2.25. The Morgan fingerprint density at radius 2 is 2.19 bits per heavy atom. The highest BCUT2D eigenvalue weighted by Crippen LogP contribution is 2.14. The molecule has 2 rings (SSSR count). The van der Waals surface area contributed by atoms with Crippen molar-refractivity contribution in [2.45, 2.75) is 19.4 Å². The van der Waals surface area contributed by atoms with Crippen LogP contribution < -0.4 is 10.1 Å². The number of rotatable bonds is 7. The summed E-state index contributed by atoms with van der Waals surface area (Å²) in [5, 5.41) is 13.6. The first-order chi connectivity index (χ1) is 10.1. The number of nitrogens with zero attached hydrogens (tertiary/aromatic N) is 3. The number of anilines is 1. The second-order valence-electron chi connectivity index (χ2n) is 5.41. The van der Waals surface area contributed by atoms with Crippen LogP contribution in [0.1, 0.15) is 13.8 Å². The van der Waals surface area contributed by atoms with Gasteiger partial charge in [-0.25, -0.2) is 9.97 Å². The summed E-state index contributed by atoms with van der Waals surface area (Å²) in [5.74, 6) is 1.18. The largest absolute Gasteiger partial charge is 0.478 e. The number of aromatic nitrogens is 2. The van der Waals surface area contributed by atoms with Gasteiger partial charge in [0.2, 0.25) is 5.88 Å². The van der Waals surface area contributed by atoms with Crippen LogP contribution in [-0.2, 0) is 4.74 Å². The summed E-state index contributed by atoms with van der Waals surface area (Å²) in [5.41, 5.74) is -0.839. The van der Waals surface area contributed by atoms with Crippen molar-refractivity contribution in [3.8, 4) is 5.88 Å². The molecule has 1 saturated heterocycles. The third-order valence-corrected chi connectivity index (χ3v) is 3.25. The molecular weight excluding hydrogens is 272 g/mol. The van der Waals surface area contributed by atoms with Gasteiger partial charge in [0.1, 0.15) is 12.1 Å². The number of hydrogen-bond donors (Lipinski definition) is 2. The fraction of sp³-hybridized carbons (Fsp3) is 0.714. The fourth-order valence-electron chi connectivity index (χ4n) is 2.24. The molecule has 2 heterocycles.